The molecule has 1 unspecified atom stereocenters. The fraction of sp³-hybridized carbons (Fsp3) is 0.833. The average molecular weight is 270 g/mol. The summed E-state index contributed by atoms with van der Waals surface area (Å²) in [7, 11) is 2.12. The molecule has 1 aromatic rings. The van der Waals surface area contributed by atoms with E-state index < -0.39 is 0 Å². The van der Waals surface area contributed by atoms with E-state index in [0.29, 0.717) is 5.89 Å². The SMILES string of the molecule is CCNC(C)(C)c1nc(C2CSCCN2C)no1. The minimum atomic E-state index is -0.264. The van der Waals surface area contributed by atoms with E-state index in [0.717, 1.165) is 24.7 Å². The highest BCUT2D eigenvalue weighted by Crippen LogP contribution is 2.27. The number of thioether (sulfide) groups is 1. The van der Waals surface area contributed by atoms with Crippen LogP contribution in [0.25, 0.3) is 0 Å². The third kappa shape index (κ3) is 2.87. The highest BCUT2D eigenvalue weighted by molar-refractivity contribution is 7.99. The average Bonchev–Trinajstić information content (AvgIpc) is 2.79. The molecule has 1 atom stereocenters. The van der Waals surface area contributed by atoms with E-state index in [4.69, 9.17) is 4.52 Å². The number of nitrogens with one attached hydrogen (secondary N) is 1. The Kier molecular flexibility index (Phi) is 4.29. The lowest BCUT2D eigenvalue weighted by molar-refractivity contribution is 0.249. The first-order valence-electron chi connectivity index (χ1n) is 6.41. The summed E-state index contributed by atoms with van der Waals surface area (Å²) in [5.41, 5.74) is -0.264. The van der Waals surface area contributed by atoms with Crippen LogP contribution in [0.15, 0.2) is 4.52 Å². The van der Waals surface area contributed by atoms with Crippen molar-refractivity contribution in [2.45, 2.75) is 32.4 Å². The van der Waals surface area contributed by atoms with Crippen molar-refractivity contribution in [3.8, 4) is 0 Å². The summed E-state index contributed by atoms with van der Waals surface area (Å²) in [4.78, 5) is 6.88. The van der Waals surface area contributed by atoms with Crippen molar-refractivity contribution >= 4 is 11.8 Å². The molecule has 0 amide bonds. The molecule has 102 valence electrons. The van der Waals surface area contributed by atoms with Gasteiger partial charge in [-0.1, -0.05) is 12.1 Å². The van der Waals surface area contributed by atoms with Gasteiger partial charge >= 0.3 is 0 Å². The monoisotopic (exact) mass is 270 g/mol. The maximum atomic E-state index is 5.42. The molecule has 0 spiro atoms. The van der Waals surface area contributed by atoms with Crippen LogP contribution in [0, 0.1) is 0 Å². The largest absolute Gasteiger partial charge is 0.337 e. The Bertz CT molecular complexity index is 393. The van der Waals surface area contributed by atoms with Gasteiger partial charge in [-0.3, -0.25) is 4.90 Å². The second kappa shape index (κ2) is 5.59. The van der Waals surface area contributed by atoms with E-state index in [1.165, 1.54) is 5.75 Å². The normalized spacial score (nSPS) is 22.3. The molecular formula is C12H22N4OS. The van der Waals surface area contributed by atoms with Gasteiger partial charge < -0.3 is 9.84 Å². The molecule has 6 heteroatoms. The van der Waals surface area contributed by atoms with Crippen LogP contribution >= 0.6 is 11.8 Å². The molecule has 1 aliphatic rings. The van der Waals surface area contributed by atoms with Crippen molar-refractivity contribution < 1.29 is 4.52 Å². The van der Waals surface area contributed by atoms with Gasteiger partial charge in [0.2, 0.25) is 5.89 Å². The summed E-state index contributed by atoms with van der Waals surface area (Å²) in [6.07, 6.45) is 0. The summed E-state index contributed by atoms with van der Waals surface area (Å²) < 4.78 is 5.42. The van der Waals surface area contributed by atoms with Crippen LogP contribution in [-0.4, -0.2) is 46.7 Å². The van der Waals surface area contributed by atoms with Gasteiger partial charge in [-0.05, 0) is 27.4 Å². The van der Waals surface area contributed by atoms with Crippen LogP contribution < -0.4 is 5.32 Å². The van der Waals surface area contributed by atoms with Gasteiger partial charge in [-0.15, -0.1) is 0 Å². The molecule has 0 radical (unpaired) electrons. The first-order chi connectivity index (χ1) is 8.54. The van der Waals surface area contributed by atoms with Crippen LogP contribution in [0.4, 0.5) is 0 Å². The minimum Gasteiger partial charge on any atom is -0.337 e. The molecule has 1 aromatic heterocycles. The maximum absolute atomic E-state index is 5.42. The van der Waals surface area contributed by atoms with Crippen LogP contribution in [0.5, 0.6) is 0 Å². The Labute approximate surface area is 113 Å². The van der Waals surface area contributed by atoms with E-state index in [2.05, 4.69) is 48.2 Å². The molecule has 0 bridgehead atoms. The van der Waals surface area contributed by atoms with E-state index in [9.17, 15) is 0 Å². The fourth-order valence-corrected chi connectivity index (χ4v) is 3.31. The van der Waals surface area contributed by atoms with Crippen LogP contribution in [0.2, 0.25) is 0 Å². The molecule has 0 aliphatic carbocycles. The van der Waals surface area contributed by atoms with Gasteiger partial charge in [-0.25, -0.2) is 0 Å². The molecule has 2 rings (SSSR count). The number of hydrogen-bond donors (Lipinski definition) is 1. The quantitative estimate of drug-likeness (QED) is 0.897. The van der Waals surface area contributed by atoms with Crippen molar-refractivity contribution in [2.75, 3.05) is 31.6 Å². The highest BCUT2D eigenvalue weighted by Gasteiger charge is 2.30. The third-order valence-electron chi connectivity index (χ3n) is 3.29. The number of rotatable bonds is 4. The first-order valence-corrected chi connectivity index (χ1v) is 7.57. The van der Waals surface area contributed by atoms with Crippen LogP contribution in [0.1, 0.15) is 38.5 Å². The summed E-state index contributed by atoms with van der Waals surface area (Å²) in [5.74, 6) is 3.70. The lowest BCUT2D eigenvalue weighted by Crippen LogP contribution is -2.37. The molecule has 0 saturated carbocycles. The molecule has 0 aromatic carbocycles. The van der Waals surface area contributed by atoms with Gasteiger partial charge in [0.1, 0.15) is 0 Å². The molecule has 1 N–H and O–H groups in total. The van der Waals surface area contributed by atoms with E-state index in [1.54, 1.807) is 0 Å². The van der Waals surface area contributed by atoms with Crippen LogP contribution in [-0.2, 0) is 5.54 Å². The topological polar surface area (TPSA) is 54.2 Å². The van der Waals surface area contributed by atoms with Crippen molar-refractivity contribution in [3.63, 3.8) is 0 Å². The van der Waals surface area contributed by atoms with Gasteiger partial charge in [0.25, 0.3) is 0 Å². The zero-order valence-corrected chi connectivity index (χ0v) is 12.4. The molecular weight excluding hydrogens is 248 g/mol. The van der Waals surface area contributed by atoms with Gasteiger partial charge in [-0.2, -0.15) is 16.7 Å². The molecule has 2 heterocycles. The summed E-state index contributed by atoms with van der Waals surface area (Å²) in [6.45, 7) is 8.16. The predicted octanol–water partition coefficient (Wildman–Crippen LogP) is 1.63. The Balaban J connectivity index is 2.14. The molecule has 1 aliphatic heterocycles. The summed E-state index contributed by atoms with van der Waals surface area (Å²) in [6, 6.07) is 0.277. The van der Waals surface area contributed by atoms with E-state index >= 15 is 0 Å². The maximum Gasteiger partial charge on any atom is 0.246 e. The Morgan fingerprint density at radius 1 is 1.56 bits per heavy atom. The lowest BCUT2D eigenvalue weighted by Gasteiger charge is -2.29. The van der Waals surface area contributed by atoms with E-state index in [1.807, 2.05) is 11.8 Å². The lowest BCUT2D eigenvalue weighted by atomic mass is 10.1. The zero-order chi connectivity index (χ0) is 13.2. The van der Waals surface area contributed by atoms with Crippen molar-refractivity contribution in [1.82, 2.24) is 20.4 Å². The second-order valence-corrected chi connectivity index (χ2v) is 6.33. The zero-order valence-electron chi connectivity index (χ0n) is 11.6. The smallest absolute Gasteiger partial charge is 0.246 e. The van der Waals surface area contributed by atoms with Crippen molar-refractivity contribution in [1.29, 1.82) is 0 Å². The summed E-state index contributed by atoms with van der Waals surface area (Å²) in [5, 5.41) is 7.51. The number of aromatic nitrogens is 2. The number of hydrogen-bond acceptors (Lipinski definition) is 6. The third-order valence-corrected chi connectivity index (χ3v) is 4.31. The second-order valence-electron chi connectivity index (χ2n) is 5.18. The molecule has 5 nitrogen and oxygen atoms in total. The highest BCUT2D eigenvalue weighted by atomic mass is 32.2. The predicted molar refractivity (Wildman–Crippen MR) is 73.7 cm³/mol. The van der Waals surface area contributed by atoms with Gasteiger partial charge in [0, 0.05) is 18.1 Å². The standard InChI is InChI=1S/C12H22N4OS/c1-5-13-12(2,3)11-14-10(15-17-11)9-8-18-7-6-16(9)4/h9,13H,5-8H2,1-4H3. The molecule has 18 heavy (non-hydrogen) atoms. The number of nitrogens with zero attached hydrogens (tertiary/aromatic N) is 3. The fourth-order valence-electron chi connectivity index (χ4n) is 2.10. The Morgan fingerprint density at radius 3 is 3.00 bits per heavy atom. The van der Waals surface area contributed by atoms with Crippen molar-refractivity contribution in [3.05, 3.63) is 11.7 Å². The van der Waals surface area contributed by atoms with Gasteiger partial charge in [0.15, 0.2) is 5.82 Å². The van der Waals surface area contributed by atoms with Crippen LogP contribution in [0.3, 0.4) is 0 Å². The molecule has 1 fully saturated rings. The summed E-state index contributed by atoms with van der Waals surface area (Å²) >= 11 is 1.95. The minimum absolute atomic E-state index is 0.264. The first kappa shape index (κ1) is 13.8. The molecule has 1 saturated heterocycles. The van der Waals surface area contributed by atoms with Crippen molar-refractivity contribution in [2.24, 2.45) is 0 Å². The Hall–Kier alpha value is -0.590. The van der Waals surface area contributed by atoms with Gasteiger partial charge in [0.05, 0.1) is 11.6 Å². The van der Waals surface area contributed by atoms with E-state index in [-0.39, 0.29) is 11.6 Å². The Morgan fingerprint density at radius 2 is 2.33 bits per heavy atom.